The number of methoxy groups -OCH3 is 1. The normalized spacial score (nSPS) is 15.5. The Morgan fingerprint density at radius 3 is 2.60 bits per heavy atom. The number of hydrogen-bond acceptors (Lipinski definition) is 7. The fourth-order valence-electron chi connectivity index (χ4n) is 3.19. The molecule has 1 N–H and O–H groups in total. The first-order valence-corrected chi connectivity index (χ1v) is 11.9. The first-order valence-electron chi connectivity index (χ1n) is 11.0. The third-order valence-corrected chi connectivity index (χ3v) is 5.91. The fourth-order valence-corrected chi connectivity index (χ4v) is 4.22. The van der Waals surface area contributed by atoms with Gasteiger partial charge in [0.1, 0.15) is 28.8 Å². The largest absolute Gasteiger partial charge is 0.506 e. The van der Waals surface area contributed by atoms with Gasteiger partial charge in [0.05, 0.1) is 18.6 Å². The molecule has 9 heteroatoms. The number of aliphatic hydroxyl groups is 1. The summed E-state index contributed by atoms with van der Waals surface area (Å²) in [6.07, 6.45) is 2.47. The van der Waals surface area contributed by atoms with E-state index in [2.05, 4.69) is 4.99 Å². The molecule has 1 heterocycles. The van der Waals surface area contributed by atoms with E-state index in [1.165, 1.54) is 13.2 Å². The number of halogens is 1. The van der Waals surface area contributed by atoms with Crippen molar-refractivity contribution >= 4 is 34.8 Å². The third kappa shape index (κ3) is 6.51. The molecule has 0 aromatic heterocycles. The predicted octanol–water partition coefficient (Wildman–Crippen LogP) is 5.60. The molecule has 0 aliphatic carbocycles. The van der Waals surface area contributed by atoms with Crippen molar-refractivity contribution in [2.75, 3.05) is 13.7 Å². The second-order valence-corrected chi connectivity index (χ2v) is 8.44. The van der Waals surface area contributed by atoms with Crippen LogP contribution in [0.5, 0.6) is 11.5 Å². The number of rotatable bonds is 9. The zero-order valence-electron chi connectivity index (χ0n) is 19.7. The van der Waals surface area contributed by atoms with E-state index in [4.69, 9.17) is 14.2 Å². The molecule has 184 valence electrons. The minimum absolute atomic E-state index is 0.0252. The van der Waals surface area contributed by atoms with Crippen LogP contribution in [0.25, 0.3) is 6.08 Å². The van der Waals surface area contributed by atoms with Gasteiger partial charge in [0.25, 0.3) is 0 Å². The van der Waals surface area contributed by atoms with E-state index in [1.807, 2.05) is 6.92 Å². The van der Waals surface area contributed by atoms with Crippen molar-refractivity contribution in [3.8, 4) is 11.5 Å². The van der Waals surface area contributed by atoms with Gasteiger partial charge in [0, 0.05) is 12.0 Å². The van der Waals surface area contributed by atoms with Gasteiger partial charge < -0.3 is 19.3 Å². The number of esters is 1. The van der Waals surface area contributed by atoms with Crippen molar-refractivity contribution in [1.29, 1.82) is 0 Å². The summed E-state index contributed by atoms with van der Waals surface area (Å²) in [7, 11) is 1.48. The van der Waals surface area contributed by atoms with Crippen molar-refractivity contribution in [2.45, 2.75) is 33.3 Å². The highest BCUT2D eigenvalue weighted by atomic mass is 32.2. The minimum atomic E-state index is -0.751. The summed E-state index contributed by atoms with van der Waals surface area (Å²) in [4.78, 5) is 28.8. The molecule has 0 bridgehead atoms. The molecule has 0 fully saturated rings. The summed E-state index contributed by atoms with van der Waals surface area (Å²) in [6, 6.07) is 11.4. The Kier molecular flexibility index (Phi) is 9.08. The molecule has 0 radical (unpaired) electrons. The lowest BCUT2D eigenvalue weighted by atomic mass is 10.1. The molecule has 0 saturated carbocycles. The van der Waals surface area contributed by atoms with Crippen LogP contribution in [0, 0.1) is 5.82 Å². The van der Waals surface area contributed by atoms with Gasteiger partial charge in [-0.15, -0.1) is 0 Å². The Bertz CT molecular complexity index is 1200. The summed E-state index contributed by atoms with van der Waals surface area (Å²) in [5.74, 6) is -0.991. The molecular formula is C26H26FNO6S. The standard InChI is InChI=1S/C26H26FNO6S/c1-4-8-22(29)28-25-23(26(31)33-5-2)24(30)21(35-25)14-16-11-12-19(20(13-16)32-3)34-15-17-9-6-7-10-18(17)27/h6-7,9-14,30H,4-5,8,15H2,1-3H3/b21-14-,28-25?. The zero-order valence-corrected chi connectivity index (χ0v) is 20.5. The molecular weight excluding hydrogens is 473 g/mol. The van der Waals surface area contributed by atoms with Crippen molar-refractivity contribution < 1.29 is 33.3 Å². The van der Waals surface area contributed by atoms with Crippen LogP contribution in [-0.2, 0) is 20.9 Å². The van der Waals surface area contributed by atoms with E-state index in [0.717, 1.165) is 11.8 Å². The topological polar surface area (TPSA) is 94.4 Å². The highest BCUT2D eigenvalue weighted by Gasteiger charge is 2.33. The maximum absolute atomic E-state index is 13.9. The Labute approximate surface area is 207 Å². The second-order valence-electron chi connectivity index (χ2n) is 7.41. The van der Waals surface area contributed by atoms with Crippen LogP contribution in [0.4, 0.5) is 4.39 Å². The van der Waals surface area contributed by atoms with Crippen LogP contribution < -0.4 is 9.47 Å². The van der Waals surface area contributed by atoms with Crippen LogP contribution in [0.15, 0.2) is 63.7 Å². The number of amides is 1. The van der Waals surface area contributed by atoms with Crippen molar-refractivity contribution in [1.82, 2.24) is 0 Å². The number of ether oxygens (including phenoxy) is 3. The molecule has 0 spiro atoms. The molecule has 35 heavy (non-hydrogen) atoms. The van der Waals surface area contributed by atoms with Gasteiger partial charge in [-0.05, 0) is 43.2 Å². The molecule has 0 saturated heterocycles. The Morgan fingerprint density at radius 2 is 1.91 bits per heavy atom. The molecule has 1 aliphatic heterocycles. The molecule has 0 atom stereocenters. The lowest BCUT2D eigenvalue weighted by Crippen LogP contribution is -2.14. The van der Waals surface area contributed by atoms with Crippen molar-refractivity contribution in [2.24, 2.45) is 4.99 Å². The second kappa shape index (κ2) is 12.2. The maximum Gasteiger partial charge on any atom is 0.344 e. The first-order chi connectivity index (χ1) is 16.9. The van der Waals surface area contributed by atoms with Crippen LogP contribution >= 0.6 is 11.8 Å². The summed E-state index contributed by atoms with van der Waals surface area (Å²) in [5.41, 5.74) is 0.914. The molecule has 2 aromatic carbocycles. The predicted molar refractivity (Wildman–Crippen MR) is 133 cm³/mol. The van der Waals surface area contributed by atoms with Gasteiger partial charge in [0.15, 0.2) is 11.5 Å². The number of aliphatic imine (C=N–C) groups is 1. The highest BCUT2D eigenvalue weighted by molar-refractivity contribution is 8.18. The molecule has 7 nitrogen and oxygen atoms in total. The number of aliphatic hydroxyl groups excluding tert-OH is 1. The fraction of sp³-hybridized carbons (Fsp3) is 0.269. The third-order valence-electron chi connectivity index (χ3n) is 4.89. The van der Waals surface area contributed by atoms with Gasteiger partial charge >= 0.3 is 5.97 Å². The number of carbonyl (C=O) groups excluding carboxylic acids is 2. The summed E-state index contributed by atoms with van der Waals surface area (Å²) in [6.45, 7) is 3.63. The number of carbonyl (C=O) groups is 2. The van der Waals surface area contributed by atoms with Crippen LogP contribution in [0.3, 0.4) is 0 Å². The molecule has 1 aliphatic rings. The molecule has 3 rings (SSSR count). The first kappa shape index (κ1) is 26.0. The molecule has 2 aromatic rings. The Hall–Kier alpha value is -3.59. The minimum Gasteiger partial charge on any atom is -0.506 e. The van der Waals surface area contributed by atoms with Crippen LogP contribution in [-0.4, -0.2) is 35.7 Å². The van der Waals surface area contributed by atoms with Gasteiger partial charge in [-0.25, -0.2) is 14.2 Å². The Balaban J connectivity index is 1.88. The van der Waals surface area contributed by atoms with Gasteiger partial charge in [0.2, 0.25) is 5.91 Å². The van der Waals surface area contributed by atoms with Crippen molar-refractivity contribution in [3.63, 3.8) is 0 Å². The number of nitrogens with zero attached hydrogens (tertiary/aromatic N) is 1. The SMILES string of the molecule is CCCC(=O)N=C1S/C(=C\c2ccc(OCc3ccccc3F)c(OC)c2)C(O)=C1C(=O)OCC. The number of hydrogen-bond donors (Lipinski definition) is 1. The van der Waals surface area contributed by atoms with E-state index < -0.39 is 5.97 Å². The zero-order chi connectivity index (χ0) is 25.4. The van der Waals surface area contributed by atoms with E-state index >= 15 is 0 Å². The maximum atomic E-state index is 13.9. The number of benzene rings is 2. The highest BCUT2D eigenvalue weighted by Crippen LogP contribution is 2.40. The van der Waals surface area contributed by atoms with E-state index in [9.17, 15) is 19.1 Å². The van der Waals surface area contributed by atoms with Gasteiger partial charge in [-0.3, -0.25) is 4.79 Å². The van der Waals surface area contributed by atoms with Crippen LogP contribution in [0.2, 0.25) is 0 Å². The summed E-state index contributed by atoms with van der Waals surface area (Å²) in [5, 5.41) is 10.8. The van der Waals surface area contributed by atoms with E-state index in [0.29, 0.717) is 34.0 Å². The molecule has 0 unspecified atom stereocenters. The average Bonchev–Trinajstić information content (AvgIpc) is 3.13. The van der Waals surface area contributed by atoms with Gasteiger partial charge in [-0.2, -0.15) is 0 Å². The lowest BCUT2D eigenvalue weighted by Gasteiger charge is -2.12. The van der Waals surface area contributed by atoms with Crippen LogP contribution in [0.1, 0.15) is 37.8 Å². The quantitative estimate of drug-likeness (QED) is 0.449. The Morgan fingerprint density at radius 1 is 1.14 bits per heavy atom. The lowest BCUT2D eigenvalue weighted by molar-refractivity contribution is -0.138. The summed E-state index contributed by atoms with van der Waals surface area (Å²) >= 11 is 1.01. The van der Waals surface area contributed by atoms with E-state index in [1.54, 1.807) is 49.4 Å². The number of thioether (sulfide) groups is 1. The summed E-state index contributed by atoms with van der Waals surface area (Å²) < 4.78 is 30.1. The molecule has 1 amide bonds. The smallest absolute Gasteiger partial charge is 0.344 e. The van der Waals surface area contributed by atoms with Crippen molar-refractivity contribution in [3.05, 3.63) is 75.6 Å². The average molecular weight is 500 g/mol. The monoisotopic (exact) mass is 499 g/mol. The van der Waals surface area contributed by atoms with Gasteiger partial charge in [-0.1, -0.05) is 43.0 Å². The van der Waals surface area contributed by atoms with E-state index in [-0.39, 0.29) is 47.7 Å².